The Morgan fingerprint density at radius 3 is 2.56 bits per heavy atom. The molecule has 1 heterocycles. The molecule has 0 saturated carbocycles. The highest BCUT2D eigenvalue weighted by molar-refractivity contribution is 6.30. The SMILES string of the molecule is CCc1nc(Cl)c(C)c(NCc2ccccc2)n1. The summed E-state index contributed by atoms with van der Waals surface area (Å²) in [7, 11) is 0. The summed E-state index contributed by atoms with van der Waals surface area (Å²) >= 11 is 6.09. The minimum atomic E-state index is 0.525. The molecule has 0 aliphatic rings. The van der Waals surface area contributed by atoms with Gasteiger partial charge in [-0.2, -0.15) is 0 Å². The van der Waals surface area contributed by atoms with E-state index in [4.69, 9.17) is 11.6 Å². The third-order valence-corrected chi connectivity index (χ3v) is 3.12. The number of hydrogen-bond donors (Lipinski definition) is 1. The van der Waals surface area contributed by atoms with Gasteiger partial charge in [-0.3, -0.25) is 0 Å². The Bertz CT molecular complexity index is 526. The number of anilines is 1. The van der Waals surface area contributed by atoms with Crippen LogP contribution in [0.4, 0.5) is 5.82 Å². The maximum absolute atomic E-state index is 6.09. The summed E-state index contributed by atoms with van der Waals surface area (Å²) in [5, 5.41) is 3.83. The van der Waals surface area contributed by atoms with Crippen LogP contribution >= 0.6 is 11.6 Å². The molecule has 0 fully saturated rings. The Morgan fingerprint density at radius 1 is 1.17 bits per heavy atom. The van der Waals surface area contributed by atoms with Gasteiger partial charge in [0.25, 0.3) is 0 Å². The topological polar surface area (TPSA) is 37.8 Å². The zero-order valence-electron chi connectivity index (χ0n) is 10.6. The van der Waals surface area contributed by atoms with E-state index in [0.717, 1.165) is 30.2 Å². The highest BCUT2D eigenvalue weighted by Gasteiger charge is 2.07. The maximum Gasteiger partial charge on any atom is 0.137 e. The Labute approximate surface area is 112 Å². The number of aromatic nitrogens is 2. The van der Waals surface area contributed by atoms with Crippen LogP contribution in [0.15, 0.2) is 30.3 Å². The van der Waals surface area contributed by atoms with Gasteiger partial charge < -0.3 is 5.32 Å². The van der Waals surface area contributed by atoms with Gasteiger partial charge in [0, 0.05) is 18.5 Å². The van der Waals surface area contributed by atoms with Crippen molar-refractivity contribution in [1.29, 1.82) is 0 Å². The molecule has 0 aliphatic heterocycles. The smallest absolute Gasteiger partial charge is 0.137 e. The van der Waals surface area contributed by atoms with Gasteiger partial charge in [-0.05, 0) is 12.5 Å². The second-order valence-corrected chi connectivity index (χ2v) is 4.45. The van der Waals surface area contributed by atoms with Crippen LogP contribution < -0.4 is 5.32 Å². The normalized spacial score (nSPS) is 10.4. The number of hydrogen-bond acceptors (Lipinski definition) is 3. The summed E-state index contributed by atoms with van der Waals surface area (Å²) in [4.78, 5) is 8.68. The van der Waals surface area contributed by atoms with Crippen LogP contribution in [0.1, 0.15) is 23.9 Å². The van der Waals surface area contributed by atoms with Crippen molar-refractivity contribution in [3.8, 4) is 0 Å². The van der Waals surface area contributed by atoms with E-state index in [0.29, 0.717) is 5.15 Å². The molecule has 3 nitrogen and oxygen atoms in total. The molecule has 0 aliphatic carbocycles. The van der Waals surface area contributed by atoms with Crippen LogP contribution in [0.5, 0.6) is 0 Å². The summed E-state index contributed by atoms with van der Waals surface area (Å²) in [6.45, 7) is 4.68. The first kappa shape index (κ1) is 12.8. The molecule has 1 N–H and O–H groups in total. The average molecular weight is 262 g/mol. The molecule has 0 bridgehead atoms. The summed E-state index contributed by atoms with van der Waals surface area (Å²) in [5.41, 5.74) is 2.11. The van der Waals surface area contributed by atoms with E-state index in [1.165, 1.54) is 5.56 Å². The minimum Gasteiger partial charge on any atom is -0.366 e. The van der Waals surface area contributed by atoms with Crippen LogP contribution in [0, 0.1) is 6.92 Å². The second kappa shape index (κ2) is 5.83. The molecular formula is C14H16ClN3. The highest BCUT2D eigenvalue weighted by atomic mass is 35.5. The molecule has 0 spiro atoms. The minimum absolute atomic E-state index is 0.525. The molecule has 2 aromatic rings. The van der Waals surface area contributed by atoms with Crippen molar-refractivity contribution in [2.75, 3.05) is 5.32 Å². The Morgan fingerprint density at radius 2 is 1.89 bits per heavy atom. The highest BCUT2D eigenvalue weighted by Crippen LogP contribution is 2.20. The number of nitrogens with zero attached hydrogens (tertiary/aromatic N) is 2. The molecule has 0 saturated heterocycles. The first-order valence-corrected chi connectivity index (χ1v) is 6.39. The van der Waals surface area contributed by atoms with Gasteiger partial charge in [0.05, 0.1) is 0 Å². The molecule has 0 atom stereocenters. The van der Waals surface area contributed by atoms with Crippen LogP contribution in [0.3, 0.4) is 0 Å². The molecule has 0 amide bonds. The third kappa shape index (κ3) is 2.99. The van der Waals surface area contributed by atoms with Gasteiger partial charge in [-0.1, -0.05) is 48.9 Å². The summed E-state index contributed by atoms with van der Waals surface area (Å²) in [6.07, 6.45) is 0.778. The fourth-order valence-corrected chi connectivity index (χ4v) is 1.83. The van der Waals surface area contributed by atoms with Gasteiger partial charge >= 0.3 is 0 Å². The number of rotatable bonds is 4. The van der Waals surface area contributed by atoms with Crippen molar-refractivity contribution in [1.82, 2.24) is 9.97 Å². The first-order valence-electron chi connectivity index (χ1n) is 6.01. The van der Waals surface area contributed by atoms with Crippen LogP contribution in [-0.4, -0.2) is 9.97 Å². The molecule has 0 radical (unpaired) electrons. The fraction of sp³-hybridized carbons (Fsp3) is 0.286. The number of halogens is 1. The molecule has 4 heteroatoms. The lowest BCUT2D eigenvalue weighted by atomic mass is 10.2. The summed E-state index contributed by atoms with van der Waals surface area (Å²) in [5.74, 6) is 1.58. The van der Waals surface area contributed by atoms with Crippen molar-refractivity contribution >= 4 is 17.4 Å². The zero-order chi connectivity index (χ0) is 13.0. The van der Waals surface area contributed by atoms with Gasteiger partial charge in [0.15, 0.2) is 0 Å². The summed E-state index contributed by atoms with van der Waals surface area (Å²) in [6, 6.07) is 10.2. The van der Waals surface area contributed by atoms with Crippen LogP contribution in [-0.2, 0) is 13.0 Å². The number of benzene rings is 1. The van der Waals surface area contributed by atoms with E-state index in [1.807, 2.05) is 32.0 Å². The van der Waals surface area contributed by atoms with Crippen LogP contribution in [0.2, 0.25) is 5.15 Å². The van der Waals surface area contributed by atoms with E-state index in [2.05, 4.69) is 27.4 Å². The van der Waals surface area contributed by atoms with Crippen LogP contribution in [0.25, 0.3) is 0 Å². The lowest BCUT2D eigenvalue weighted by Gasteiger charge is -2.10. The van der Waals surface area contributed by atoms with E-state index >= 15 is 0 Å². The number of aryl methyl sites for hydroxylation is 1. The Balaban J connectivity index is 2.16. The summed E-state index contributed by atoms with van der Waals surface area (Å²) < 4.78 is 0. The van der Waals surface area contributed by atoms with Crippen molar-refractivity contribution < 1.29 is 0 Å². The average Bonchev–Trinajstić information content (AvgIpc) is 2.41. The van der Waals surface area contributed by atoms with Crippen molar-refractivity contribution in [2.24, 2.45) is 0 Å². The molecule has 1 aromatic heterocycles. The van der Waals surface area contributed by atoms with E-state index in [-0.39, 0.29) is 0 Å². The van der Waals surface area contributed by atoms with Crippen molar-refractivity contribution in [3.05, 3.63) is 52.4 Å². The van der Waals surface area contributed by atoms with E-state index < -0.39 is 0 Å². The fourth-order valence-electron chi connectivity index (χ4n) is 1.64. The second-order valence-electron chi connectivity index (χ2n) is 4.10. The predicted molar refractivity (Wildman–Crippen MR) is 74.9 cm³/mol. The largest absolute Gasteiger partial charge is 0.366 e. The molecule has 18 heavy (non-hydrogen) atoms. The van der Waals surface area contributed by atoms with Gasteiger partial charge in [-0.15, -0.1) is 0 Å². The Hall–Kier alpha value is -1.61. The molecule has 1 aromatic carbocycles. The first-order chi connectivity index (χ1) is 8.70. The lowest BCUT2D eigenvalue weighted by molar-refractivity contribution is 0.922. The van der Waals surface area contributed by atoms with Gasteiger partial charge in [0.2, 0.25) is 0 Å². The maximum atomic E-state index is 6.09. The molecule has 94 valence electrons. The lowest BCUT2D eigenvalue weighted by Crippen LogP contribution is -2.06. The van der Waals surface area contributed by atoms with Crippen molar-refractivity contribution in [2.45, 2.75) is 26.8 Å². The predicted octanol–water partition coefficient (Wildman–Crippen LogP) is 3.61. The molecule has 2 rings (SSSR count). The van der Waals surface area contributed by atoms with Crippen molar-refractivity contribution in [3.63, 3.8) is 0 Å². The monoisotopic (exact) mass is 261 g/mol. The van der Waals surface area contributed by atoms with E-state index in [1.54, 1.807) is 0 Å². The Kier molecular flexibility index (Phi) is 4.15. The number of nitrogens with one attached hydrogen (secondary N) is 1. The zero-order valence-corrected chi connectivity index (χ0v) is 11.3. The molecule has 0 unspecified atom stereocenters. The van der Waals surface area contributed by atoms with E-state index in [9.17, 15) is 0 Å². The standard InChI is InChI=1S/C14H16ClN3/c1-3-12-17-13(15)10(2)14(18-12)16-9-11-7-5-4-6-8-11/h4-8H,3,9H2,1-2H3,(H,16,17,18). The molecular weight excluding hydrogens is 246 g/mol. The van der Waals surface area contributed by atoms with Gasteiger partial charge in [-0.25, -0.2) is 9.97 Å². The third-order valence-electron chi connectivity index (χ3n) is 2.75. The van der Waals surface area contributed by atoms with Gasteiger partial charge in [0.1, 0.15) is 16.8 Å². The quantitative estimate of drug-likeness (QED) is 0.855.